The van der Waals surface area contributed by atoms with Gasteiger partial charge in [-0.15, -0.1) is 10.2 Å². The standard InChI is InChI=1S/C19H21N7O/c1-25-12-14(11-22-25)4-3-9-20-18-10-17(24-26-13-21-23-19(18)26)15-5-7-16(27-2)8-6-15/h5-8,10-13,20H,3-4,9H2,1-2H3. The number of anilines is 1. The van der Waals surface area contributed by atoms with E-state index in [4.69, 9.17) is 4.74 Å². The number of rotatable bonds is 7. The van der Waals surface area contributed by atoms with E-state index in [2.05, 4.69) is 25.7 Å². The first-order chi connectivity index (χ1) is 13.2. The number of fused-ring (bicyclic) bond motifs is 1. The Bertz CT molecular complexity index is 1040. The van der Waals surface area contributed by atoms with Crippen LogP contribution in [0.15, 0.2) is 49.1 Å². The number of methoxy groups -OCH3 is 1. The van der Waals surface area contributed by atoms with Gasteiger partial charge in [-0.1, -0.05) is 0 Å². The van der Waals surface area contributed by atoms with Gasteiger partial charge in [0.1, 0.15) is 12.1 Å². The average molecular weight is 363 g/mol. The minimum Gasteiger partial charge on any atom is -0.497 e. The summed E-state index contributed by atoms with van der Waals surface area (Å²) in [4.78, 5) is 0. The smallest absolute Gasteiger partial charge is 0.200 e. The van der Waals surface area contributed by atoms with Crippen LogP contribution in [-0.2, 0) is 13.5 Å². The van der Waals surface area contributed by atoms with E-state index in [0.717, 1.165) is 42.1 Å². The lowest BCUT2D eigenvalue weighted by atomic mass is 10.1. The first kappa shape index (κ1) is 17.0. The van der Waals surface area contributed by atoms with Crippen molar-refractivity contribution in [2.75, 3.05) is 19.0 Å². The topological polar surface area (TPSA) is 82.2 Å². The van der Waals surface area contributed by atoms with Gasteiger partial charge in [-0.25, -0.2) is 0 Å². The molecule has 138 valence electrons. The number of aryl methyl sites for hydroxylation is 2. The Labute approximate surface area is 156 Å². The van der Waals surface area contributed by atoms with E-state index in [9.17, 15) is 0 Å². The van der Waals surface area contributed by atoms with Crippen LogP contribution < -0.4 is 10.1 Å². The second-order valence-electron chi connectivity index (χ2n) is 6.32. The fourth-order valence-corrected chi connectivity index (χ4v) is 2.98. The molecule has 8 nitrogen and oxygen atoms in total. The molecular weight excluding hydrogens is 342 g/mol. The van der Waals surface area contributed by atoms with Gasteiger partial charge in [-0.05, 0) is 48.7 Å². The van der Waals surface area contributed by atoms with Gasteiger partial charge >= 0.3 is 0 Å². The van der Waals surface area contributed by atoms with Crippen molar-refractivity contribution in [1.82, 2.24) is 29.6 Å². The van der Waals surface area contributed by atoms with Gasteiger partial charge in [0, 0.05) is 25.4 Å². The lowest BCUT2D eigenvalue weighted by molar-refractivity contribution is 0.415. The molecule has 4 rings (SSSR count). The monoisotopic (exact) mass is 363 g/mol. The molecule has 0 radical (unpaired) electrons. The van der Waals surface area contributed by atoms with E-state index in [1.54, 1.807) is 18.0 Å². The van der Waals surface area contributed by atoms with Crippen molar-refractivity contribution in [3.63, 3.8) is 0 Å². The van der Waals surface area contributed by atoms with Gasteiger partial charge < -0.3 is 10.1 Å². The third-order valence-electron chi connectivity index (χ3n) is 4.37. The maximum absolute atomic E-state index is 5.23. The molecule has 27 heavy (non-hydrogen) atoms. The highest BCUT2D eigenvalue weighted by atomic mass is 16.5. The summed E-state index contributed by atoms with van der Waals surface area (Å²) < 4.78 is 8.75. The second-order valence-corrected chi connectivity index (χ2v) is 6.32. The maximum atomic E-state index is 5.23. The molecule has 0 saturated carbocycles. The molecule has 0 fully saturated rings. The zero-order valence-corrected chi connectivity index (χ0v) is 15.3. The number of hydrogen-bond donors (Lipinski definition) is 1. The van der Waals surface area contributed by atoms with Crippen LogP contribution in [0, 0.1) is 0 Å². The molecule has 0 bridgehead atoms. The van der Waals surface area contributed by atoms with Gasteiger partial charge in [0.25, 0.3) is 0 Å². The van der Waals surface area contributed by atoms with Crippen LogP contribution in [0.3, 0.4) is 0 Å². The van der Waals surface area contributed by atoms with Crippen LogP contribution in [0.2, 0.25) is 0 Å². The molecule has 3 heterocycles. The molecule has 4 aromatic rings. The molecule has 8 heteroatoms. The Kier molecular flexibility index (Phi) is 4.69. The van der Waals surface area contributed by atoms with Gasteiger partial charge in [0.2, 0.25) is 5.65 Å². The van der Waals surface area contributed by atoms with Crippen molar-refractivity contribution in [1.29, 1.82) is 0 Å². The number of nitrogens with zero attached hydrogens (tertiary/aromatic N) is 6. The van der Waals surface area contributed by atoms with Crippen molar-refractivity contribution < 1.29 is 4.74 Å². The van der Waals surface area contributed by atoms with Gasteiger partial charge in [0.15, 0.2) is 0 Å². The Hall–Kier alpha value is -3.42. The van der Waals surface area contributed by atoms with Crippen LogP contribution in [0.1, 0.15) is 12.0 Å². The molecule has 1 N–H and O–H groups in total. The van der Waals surface area contributed by atoms with Crippen molar-refractivity contribution in [2.24, 2.45) is 7.05 Å². The summed E-state index contributed by atoms with van der Waals surface area (Å²) in [5, 5.41) is 20.4. The van der Waals surface area contributed by atoms with Crippen LogP contribution in [0.25, 0.3) is 16.9 Å². The van der Waals surface area contributed by atoms with E-state index < -0.39 is 0 Å². The number of hydrogen-bond acceptors (Lipinski definition) is 6. The third-order valence-corrected chi connectivity index (χ3v) is 4.37. The molecule has 0 saturated heterocycles. The minimum absolute atomic E-state index is 0.716. The number of ether oxygens (including phenoxy) is 1. The van der Waals surface area contributed by atoms with Gasteiger partial charge in [-0.2, -0.15) is 14.7 Å². The lowest BCUT2D eigenvalue weighted by Crippen LogP contribution is -2.06. The highest BCUT2D eigenvalue weighted by Gasteiger charge is 2.10. The molecular formula is C19H21N7O. The molecule has 1 aromatic carbocycles. The highest BCUT2D eigenvalue weighted by Crippen LogP contribution is 2.25. The quantitative estimate of drug-likeness (QED) is 0.508. The largest absolute Gasteiger partial charge is 0.497 e. The summed E-state index contributed by atoms with van der Waals surface area (Å²) in [6, 6.07) is 9.84. The van der Waals surface area contributed by atoms with E-state index in [1.807, 2.05) is 54.5 Å². The fourth-order valence-electron chi connectivity index (χ4n) is 2.98. The van der Waals surface area contributed by atoms with Gasteiger partial charge in [-0.3, -0.25) is 4.68 Å². The summed E-state index contributed by atoms with van der Waals surface area (Å²) in [5.74, 6) is 0.817. The van der Waals surface area contributed by atoms with Crippen LogP contribution >= 0.6 is 0 Å². The van der Waals surface area contributed by atoms with Crippen LogP contribution in [-0.4, -0.2) is 43.2 Å². The van der Waals surface area contributed by atoms with Crippen LogP contribution in [0.4, 0.5) is 5.69 Å². The zero-order valence-electron chi connectivity index (χ0n) is 15.3. The molecule has 0 aliphatic rings. The predicted molar refractivity (Wildman–Crippen MR) is 103 cm³/mol. The van der Waals surface area contributed by atoms with E-state index in [1.165, 1.54) is 5.56 Å². The first-order valence-electron chi connectivity index (χ1n) is 8.80. The Morgan fingerprint density at radius 2 is 2.04 bits per heavy atom. The summed E-state index contributed by atoms with van der Waals surface area (Å²) in [5.41, 5.74) is 4.72. The number of nitrogens with one attached hydrogen (secondary N) is 1. The second kappa shape index (κ2) is 7.45. The summed E-state index contributed by atoms with van der Waals surface area (Å²) in [7, 11) is 3.59. The van der Waals surface area contributed by atoms with Crippen molar-refractivity contribution >= 4 is 11.3 Å². The molecule has 3 aromatic heterocycles. The molecule has 0 aliphatic carbocycles. The summed E-state index contributed by atoms with van der Waals surface area (Å²) in [6.07, 6.45) is 7.53. The van der Waals surface area contributed by atoms with E-state index in [0.29, 0.717) is 5.65 Å². The zero-order chi connectivity index (χ0) is 18.6. The van der Waals surface area contributed by atoms with E-state index >= 15 is 0 Å². The average Bonchev–Trinajstić information content (AvgIpc) is 3.34. The maximum Gasteiger partial charge on any atom is 0.200 e. The molecule has 0 aliphatic heterocycles. The molecule has 0 spiro atoms. The summed E-state index contributed by atoms with van der Waals surface area (Å²) in [6.45, 7) is 0.823. The van der Waals surface area contributed by atoms with Gasteiger partial charge in [0.05, 0.1) is 24.7 Å². The van der Waals surface area contributed by atoms with Crippen molar-refractivity contribution in [3.05, 3.63) is 54.6 Å². The normalized spacial score (nSPS) is 11.0. The minimum atomic E-state index is 0.716. The number of benzene rings is 1. The van der Waals surface area contributed by atoms with Crippen molar-refractivity contribution in [2.45, 2.75) is 12.8 Å². The predicted octanol–water partition coefficient (Wildman–Crippen LogP) is 2.58. The lowest BCUT2D eigenvalue weighted by Gasteiger charge is -2.10. The third kappa shape index (κ3) is 3.74. The fraction of sp³-hybridized carbons (Fsp3) is 0.263. The summed E-state index contributed by atoms with van der Waals surface area (Å²) >= 11 is 0. The Balaban J connectivity index is 1.51. The number of aromatic nitrogens is 6. The Morgan fingerprint density at radius 3 is 2.78 bits per heavy atom. The Morgan fingerprint density at radius 1 is 1.19 bits per heavy atom. The molecule has 0 amide bonds. The van der Waals surface area contributed by atoms with Crippen molar-refractivity contribution in [3.8, 4) is 17.0 Å². The van der Waals surface area contributed by atoms with Crippen LogP contribution in [0.5, 0.6) is 5.75 Å². The molecule has 0 unspecified atom stereocenters. The first-order valence-corrected chi connectivity index (χ1v) is 8.80. The highest BCUT2D eigenvalue weighted by molar-refractivity contribution is 5.73. The van der Waals surface area contributed by atoms with E-state index in [-0.39, 0.29) is 0 Å². The SMILES string of the molecule is COc1ccc(-c2cc(NCCCc3cnn(C)c3)c3nncn3n2)cc1. The molecule has 0 atom stereocenters.